The minimum absolute atomic E-state index is 0.0237. The molecule has 156 valence electrons. The van der Waals surface area contributed by atoms with Gasteiger partial charge in [-0.05, 0) is 12.8 Å². The van der Waals surface area contributed by atoms with Gasteiger partial charge in [0.2, 0.25) is 11.8 Å². The summed E-state index contributed by atoms with van der Waals surface area (Å²) in [4.78, 5) is 41.6. The highest BCUT2D eigenvalue weighted by molar-refractivity contribution is 5.91. The number of primary amides is 1. The number of carbonyl (C=O) groups excluding carboxylic acids is 3. The van der Waals surface area contributed by atoms with Crippen molar-refractivity contribution in [2.75, 3.05) is 26.2 Å². The van der Waals surface area contributed by atoms with E-state index in [-0.39, 0.29) is 31.4 Å². The van der Waals surface area contributed by atoms with Gasteiger partial charge in [0, 0.05) is 6.54 Å². The quantitative estimate of drug-likeness (QED) is 0.475. The molecule has 8 nitrogen and oxygen atoms in total. The Hall–Kier alpha value is -2.27. The second-order valence-electron chi connectivity index (χ2n) is 7.49. The molecule has 28 heavy (non-hydrogen) atoms. The Morgan fingerprint density at radius 3 is 2.50 bits per heavy atom. The Labute approximate surface area is 167 Å². The van der Waals surface area contributed by atoms with Gasteiger partial charge in [0.1, 0.15) is 12.2 Å². The van der Waals surface area contributed by atoms with Crippen LogP contribution >= 0.6 is 0 Å². The molecule has 2 heterocycles. The normalized spacial score (nSPS) is 23.0. The molecular weight excluding hydrogens is 358 g/mol. The van der Waals surface area contributed by atoms with Gasteiger partial charge in [-0.2, -0.15) is 5.01 Å². The highest BCUT2D eigenvalue weighted by Crippen LogP contribution is 2.28. The Bertz CT molecular complexity index is 617. The van der Waals surface area contributed by atoms with Crippen LogP contribution in [-0.4, -0.2) is 76.0 Å². The first-order valence-electron chi connectivity index (χ1n) is 10.3. The van der Waals surface area contributed by atoms with Crippen LogP contribution in [0.5, 0.6) is 0 Å². The summed E-state index contributed by atoms with van der Waals surface area (Å²) in [7, 11) is 0. The lowest BCUT2D eigenvalue weighted by Crippen LogP contribution is -2.76. The van der Waals surface area contributed by atoms with E-state index in [2.05, 4.69) is 19.8 Å². The van der Waals surface area contributed by atoms with Crippen LogP contribution in [-0.2, 0) is 9.59 Å². The highest BCUT2D eigenvalue weighted by atomic mass is 16.2. The third kappa shape index (κ3) is 4.76. The van der Waals surface area contributed by atoms with E-state index in [0.29, 0.717) is 13.0 Å². The Morgan fingerprint density at radius 1 is 1.18 bits per heavy atom. The van der Waals surface area contributed by atoms with Crippen molar-refractivity contribution in [1.82, 2.24) is 19.8 Å². The number of unbranched alkanes of at least 4 members (excludes halogenated alkanes) is 4. The number of urea groups is 1. The molecule has 1 unspecified atom stereocenters. The van der Waals surface area contributed by atoms with Crippen molar-refractivity contribution in [3.05, 3.63) is 0 Å². The smallest absolute Gasteiger partial charge is 0.331 e. The average molecular weight is 392 g/mol. The molecule has 2 aliphatic rings. The fraction of sp³-hybridized carbons (Fsp3) is 0.750. The third-order valence-corrected chi connectivity index (χ3v) is 5.44. The average Bonchev–Trinajstić information content (AvgIpc) is 2.65. The predicted molar refractivity (Wildman–Crippen MR) is 106 cm³/mol. The van der Waals surface area contributed by atoms with Gasteiger partial charge in [0.25, 0.3) is 0 Å². The SMILES string of the molecule is C#CCN1CC(=O)N2C(CN(CCCCCC)C(=O)[C@@H]2CCCC)N1C(N)=O. The number of amides is 4. The van der Waals surface area contributed by atoms with E-state index in [9.17, 15) is 14.4 Å². The molecule has 0 aliphatic carbocycles. The topological polar surface area (TPSA) is 90.2 Å². The first kappa shape index (κ1) is 22.0. The van der Waals surface area contributed by atoms with Gasteiger partial charge >= 0.3 is 6.03 Å². The van der Waals surface area contributed by atoms with Crippen LogP contribution in [0, 0.1) is 12.3 Å². The number of terminal acetylenes is 1. The van der Waals surface area contributed by atoms with Gasteiger partial charge < -0.3 is 15.5 Å². The monoisotopic (exact) mass is 391 g/mol. The van der Waals surface area contributed by atoms with Crippen molar-refractivity contribution in [2.24, 2.45) is 5.73 Å². The summed E-state index contributed by atoms with van der Waals surface area (Å²) in [5.41, 5.74) is 5.64. The standard InChI is InChI=1S/C20H33N5O3/c1-4-7-9-10-13-22-14-17-24(16(19(22)27)11-8-5-2)18(26)15-23(12-6-3)25(17)20(21)28/h3,16-17H,4-5,7-15H2,1-2H3,(H2,21,28)/t16-,17?/m0/s1. The summed E-state index contributed by atoms with van der Waals surface area (Å²) >= 11 is 0. The molecular formula is C20H33N5O3. The molecule has 0 aromatic rings. The maximum Gasteiger partial charge on any atom is 0.331 e. The van der Waals surface area contributed by atoms with E-state index in [1.165, 1.54) is 10.0 Å². The van der Waals surface area contributed by atoms with Crippen molar-refractivity contribution < 1.29 is 14.4 Å². The second kappa shape index (κ2) is 10.3. The van der Waals surface area contributed by atoms with E-state index in [0.717, 1.165) is 38.5 Å². The van der Waals surface area contributed by atoms with Gasteiger partial charge in [-0.3, -0.25) is 9.59 Å². The molecule has 2 saturated heterocycles. The zero-order valence-corrected chi connectivity index (χ0v) is 17.1. The van der Waals surface area contributed by atoms with Crippen molar-refractivity contribution in [3.8, 4) is 12.3 Å². The highest BCUT2D eigenvalue weighted by Gasteiger charge is 2.50. The molecule has 2 atom stereocenters. The number of hydrogen-bond donors (Lipinski definition) is 1. The number of hydrazine groups is 1. The summed E-state index contributed by atoms with van der Waals surface area (Å²) in [6, 6.07) is -1.21. The molecule has 0 aromatic carbocycles. The molecule has 0 radical (unpaired) electrons. The number of nitrogens with zero attached hydrogens (tertiary/aromatic N) is 4. The van der Waals surface area contributed by atoms with Crippen LogP contribution < -0.4 is 5.73 Å². The zero-order valence-electron chi connectivity index (χ0n) is 17.1. The maximum absolute atomic E-state index is 13.1. The number of hydrogen-bond acceptors (Lipinski definition) is 4. The van der Waals surface area contributed by atoms with Gasteiger partial charge in [0.15, 0.2) is 0 Å². The van der Waals surface area contributed by atoms with E-state index in [4.69, 9.17) is 12.2 Å². The maximum atomic E-state index is 13.1. The van der Waals surface area contributed by atoms with Crippen LogP contribution in [0.1, 0.15) is 58.8 Å². The molecule has 0 saturated carbocycles. The predicted octanol–water partition coefficient (Wildman–Crippen LogP) is 1.37. The molecule has 0 aromatic heterocycles. The largest absolute Gasteiger partial charge is 0.350 e. The first-order chi connectivity index (χ1) is 13.5. The molecule has 2 N–H and O–H groups in total. The number of piperazine rings is 1. The lowest BCUT2D eigenvalue weighted by atomic mass is 10.0. The number of nitrogens with two attached hydrogens (primary N) is 1. The zero-order chi connectivity index (χ0) is 20.7. The molecule has 2 rings (SSSR count). The summed E-state index contributed by atoms with van der Waals surface area (Å²) in [6.45, 7) is 5.16. The number of rotatable bonds is 9. The fourth-order valence-corrected chi connectivity index (χ4v) is 4.06. The van der Waals surface area contributed by atoms with Crippen LogP contribution in [0.2, 0.25) is 0 Å². The lowest BCUT2D eigenvalue weighted by Gasteiger charge is -2.54. The van der Waals surface area contributed by atoms with Crippen LogP contribution in [0.4, 0.5) is 4.79 Å². The summed E-state index contributed by atoms with van der Waals surface area (Å²) in [6.07, 6.45) is 11.4. The molecule has 0 bridgehead atoms. The van der Waals surface area contributed by atoms with Gasteiger partial charge in [-0.15, -0.1) is 6.42 Å². The second-order valence-corrected chi connectivity index (χ2v) is 7.49. The van der Waals surface area contributed by atoms with E-state index in [1.54, 1.807) is 9.80 Å². The van der Waals surface area contributed by atoms with Crippen molar-refractivity contribution in [1.29, 1.82) is 0 Å². The van der Waals surface area contributed by atoms with Gasteiger partial charge in [0.05, 0.1) is 19.6 Å². The minimum Gasteiger partial charge on any atom is -0.350 e. The van der Waals surface area contributed by atoms with Crippen molar-refractivity contribution in [2.45, 2.75) is 71.0 Å². The number of carbonyl (C=O) groups is 3. The molecule has 8 heteroatoms. The molecule has 0 spiro atoms. The van der Waals surface area contributed by atoms with E-state index in [1.807, 2.05) is 0 Å². The Kier molecular flexibility index (Phi) is 8.12. The van der Waals surface area contributed by atoms with Gasteiger partial charge in [-0.25, -0.2) is 9.80 Å². The minimum atomic E-state index is -0.660. The van der Waals surface area contributed by atoms with E-state index < -0.39 is 18.2 Å². The lowest BCUT2D eigenvalue weighted by molar-refractivity contribution is -0.188. The Morgan fingerprint density at radius 2 is 1.89 bits per heavy atom. The first-order valence-corrected chi connectivity index (χ1v) is 10.3. The fourth-order valence-electron chi connectivity index (χ4n) is 4.06. The van der Waals surface area contributed by atoms with Crippen molar-refractivity contribution in [3.63, 3.8) is 0 Å². The van der Waals surface area contributed by atoms with Gasteiger partial charge in [-0.1, -0.05) is 51.9 Å². The number of fused-ring (bicyclic) bond motifs is 1. The van der Waals surface area contributed by atoms with Crippen molar-refractivity contribution >= 4 is 17.8 Å². The van der Waals surface area contributed by atoms with Crippen LogP contribution in [0.15, 0.2) is 0 Å². The molecule has 2 aliphatic heterocycles. The summed E-state index contributed by atoms with van der Waals surface area (Å²) in [5, 5.41) is 2.87. The summed E-state index contributed by atoms with van der Waals surface area (Å²) in [5.74, 6) is 2.27. The van der Waals surface area contributed by atoms with E-state index >= 15 is 0 Å². The molecule has 2 fully saturated rings. The Balaban J connectivity index is 2.29. The van der Waals surface area contributed by atoms with Crippen LogP contribution in [0.3, 0.4) is 0 Å². The third-order valence-electron chi connectivity index (χ3n) is 5.44. The van der Waals surface area contributed by atoms with Crippen LogP contribution in [0.25, 0.3) is 0 Å². The summed E-state index contributed by atoms with van der Waals surface area (Å²) < 4.78 is 0. The molecule has 4 amide bonds.